The molecule has 0 fully saturated rings. The van der Waals surface area contributed by atoms with Gasteiger partial charge in [-0.1, -0.05) is 6.92 Å². The average molecular weight is 442 g/mol. The standard InChI is InChI=1S/C22H21F3N6O/c1-3-18-27-28-19-7-5-15(11-30(18)19)31-10-13-4-6-16(26-21(13)29-31)20-12(2)8-14(9-17(20)32)22(23,24)25/h4,6,8-10,15,32H,3,5,7,11H2,1-2H3/t15-/m1/s1. The van der Waals surface area contributed by atoms with E-state index in [9.17, 15) is 18.3 Å². The van der Waals surface area contributed by atoms with Crippen molar-refractivity contribution in [1.82, 2.24) is 29.5 Å². The second-order valence-corrected chi connectivity index (χ2v) is 8.09. The van der Waals surface area contributed by atoms with Crippen LogP contribution in [0, 0.1) is 6.92 Å². The summed E-state index contributed by atoms with van der Waals surface area (Å²) >= 11 is 0. The molecular formula is C22H21F3N6O. The molecule has 4 aromatic rings. The van der Waals surface area contributed by atoms with Gasteiger partial charge in [-0.3, -0.25) is 4.68 Å². The third-order valence-electron chi connectivity index (χ3n) is 5.97. The number of pyridine rings is 1. The molecule has 10 heteroatoms. The molecule has 1 atom stereocenters. The molecule has 0 saturated heterocycles. The molecule has 0 amide bonds. The van der Waals surface area contributed by atoms with Crippen LogP contribution in [0.2, 0.25) is 0 Å². The second kappa shape index (κ2) is 7.32. The van der Waals surface area contributed by atoms with Crippen molar-refractivity contribution < 1.29 is 18.3 Å². The first-order valence-electron chi connectivity index (χ1n) is 10.4. The van der Waals surface area contributed by atoms with Crippen LogP contribution < -0.4 is 0 Å². The molecule has 3 aromatic heterocycles. The molecule has 1 aliphatic rings. The second-order valence-electron chi connectivity index (χ2n) is 8.09. The Morgan fingerprint density at radius 1 is 1.19 bits per heavy atom. The van der Waals surface area contributed by atoms with Crippen molar-refractivity contribution in [2.75, 3.05) is 0 Å². The van der Waals surface area contributed by atoms with Crippen LogP contribution in [0.4, 0.5) is 13.2 Å². The van der Waals surface area contributed by atoms with E-state index in [4.69, 9.17) is 0 Å². The molecule has 1 aliphatic heterocycles. The van der Waals surface area contributed by atoms with Crippen LogP contribution in [-0.4, -0.2) is 34.6 Å². The number of halogens is 3. The Labute approximate surface area is 181 Å². The fourth-order valence-corrected chi connectivity index (χ4v) is 4.36. The number of hydrogen-bond donors (Lipinski definition) is 1. The normalized spacial score (nSPS) is 16.5. The van der Waals surface area contributed by atoms with E-state index in [0.29, 0.717) is 16.9 Å². The van der Waals surface area contributed by atoms with Crippen molar-refractivity contribution in [1.29, 1.82) is 0 Å². The molecule has 5 rings (SSSR count). The minimum Gasteiger partial charge on any atom is -0.507 e. The highest BCUT2D eigenvalue weighted by atomic mass is 19.4. The van der Waals surface area contributed by atoms with E-state index < -0.39 is 17.5 Å². The minimum atomic E-state index is -4.53. The summed E-state index contributed by atoms with van der Waals surface area (Å²) in [4.78, 5) is 4.54. The lowest BCUT2D eigenvalue weighted by molar-refractivity contribution is -0.137. The first-order chi connectivity index (χ1) is 15.2. The maximum atomic E-state index is 13.0. The SMILES string of the molecule is CCc1nnc2n1C[C@H](n1cc3ccc(-c4c(C)cc(C(F)(F)F)cc4O)nc3n1)CC2. The van der Waals surface area contributed by atoms with Crippen LogP contribution in [-0.2, 0) is 25.6 Å². The van der Waals surface area contributed by atoms with Crippen LogP contribution >= 0.6 is 0 Å². The third kappa shape index (κ3) is 3.39. The molecule has 0 bridgehead atoms. The number of phenolic OH excluding ortho intramolecular Hbond substituents is 1. The number of hydrogen-bond acceptors (Lipinski definition) is 5. The van der Waals surface area contributed by atoms with E-state index in [1.54, 1.807) is 6.07 Å². The van der Waals surface area contributed by atoms with Crippen LogP contribution in [0.15, 0.2) is 30.5 Å². The summed E-state index contributed by atoms with van der Waals surface area (Å²) in [5, 5.41) is 24.3. The summed E-state index contributed by atoms with van der Waals surface area (Å²) < 4.78 is 43.2. The molecule has 0 aliphatic carbocycles. The molecule has 166 valence electrons. The van der Waals surface area contributed by atoms with Gasteiger partial charge in [0.25, 0.3) is 0 Å². The predicted molar refractivity (Wildman–Crippen MR) is 111 cm³/mol. The maximum Gasteiger partial charge on any atom is 0.416 e. The van der Waals surface area contributed by atoms with Gasteiger partial charge in [0.2, 0.25) is 0 Å². The Morgan fingerprint density at radius 2 is 2.00 bits per heavy atom. The summed E-state index contributed by atoms with van der Waals surface area (Å²) in [6.45, 7) is 4.30. The molecule has 0 spiro atoms. The number of alkyl halides is 3. The number of aryl methyl sites for hydroxylation is 3. The van der Waals surface area contributed by atoms with Gasteiger partial charge in [0, 0.05) is 36.5 Å². The third-order valence-corrected chi connectivity index (χ3v) is 5.97. The maximum absolute atomic E-state index is 13.0. The first kappa shape index (κ1) is 20.5. The van der Waals surface area contributed by atoms with E-state index in [0.717, 1.165) is 55.0 Å². The molecule has 0 unspecified atom stereocenters. The van der Waals surface area contributed by atoms with Crippen molar-refractivity contribution in [2.24, 2.45) is 0 Å². The molecule has 0 saturated carbocycles. The number of fused-ring (bicyclic) bond motifs is 2. The van der Waals surface area contributed by atoms with Crippen molar-refractivity contribution in [3.05, 3.63) is 53.2 Å². The molecule has 1 aromatic carbocycles. The van der Waals surface area contributed by atoms with Crippen molar-refractivity contribution in [2.45, 2.75) is 51.9 Å². The van der Waals surface area contributed by atoms with Gasteiger partial charge in [0.05, 0.1) is 17.3 Å². The van der Waals surface area contributed by atoms with Gasteiger partial charge in [0.15, 0.2) is 5.65 Å². The number of rotatable bonds is 3. The van der Waals surface area contributed by atoms with Crippen molar-refractivity contribution >= 4 is 11.0 Å². The highest BCUT2D eigenvalue weighted by molar-refractivity contribution is 5.80. The largest absolute Gasteiger partial charge is 0.507 e. The van der Waals surface area contributed by atoms with Crippen molar-refractivity contribution in [3.63, 3.8) is 0 Å². The first-order valence-corrected chi connectivity index (χ1v) is 10.4. The highest BCUT2D eigenvalue weighted by Crippen LogP contribution is 2.39. The fraction of sp³-hybridized carbons (Fsp3) is 0.364. The average Bonchev–Trinajstić information content (AvgIpc) is 3.35. The molecule has 0 radical (unpaired) electrons. The zero-order valence-corrected chi connectivity index (χ0v) is 17.6. The van der Waals surface area contributed by atoms with Gasteiger partial charge >= 0.3 is 6.18 Å². The molecule has 7 nitrogen and oxygen atoms in total. The van der Waals surface area contributed by atoms with Gasteiger partial charge in [-0.2, -0.15) is 18.3 Å². The number of benzene rings is 1. The van der Waals surface area contributed by atoms with E-state index in [1.165, 1.54) is 6.92 Å². The zero-order valence-electron chi connectivity index (χ0n) is 17.6. The van der Waals surface area contributed by atoms with Crippen LogP contribution in [0.3, 0.4) is 0 Å². The summed E-state index contributed by atoms with van der Waals surface area (Å²) in [6, 6.07) is 5.39. The topological polar surface area (TPSA) is 81.7 Å². The Bertz CT molecular complexity index is 1290. The van der Waals surface area contributed by atoms with E-state index in [-0.39, 0.29) is 11.6 Å². The Morgan fingerprint density at radius 3 is 2.72 bits per heavy atom. The Balaban J connectivity index is 1.49. The number of phenols is 1. The van der Waals surface area contributed by atoms with E-state index in [2.05, 4.69) is 24.8 Å². The molecule has 32 heavy (non-hydrogen) atoms. The van der Waals surface area contributed by atoms with Gasteiger partial charge in [-0.25, -0.2) is 4.98 Å². The van der Waals surface area contributed by atoms with Gasteiger partial charge in [-0.05, 0) is 43.2 Å². The van der Waals surface area contributed by atoms with Gasteiger partial charge in [0.1, 0.15) is 17.4 Å². The van der Waals surface area contributed by atoms with Gasteiger partial charge in [-0.15, -0.1) is 10.2 Å². The number of nitrogens with zero attached hydrogens (tertiary/aromatic N) is 6. The predicted octanol–water partition coefficient (Wildman–Crippen LogP) is 4.47. The monoisotopic (exact) mass is 442 g/mol. The van der Waals surface area contributed by atoms with Crippen LogP contribution in [0.5, 0.6) is 5.75 Å². The lowest BCUT2D eigenvalue weighted by Crippen LogP contribution is -2.25. The van der Waals surface area contributed by atoms with Crippen LogP contribution in [0.1, 0.15) is 42.2 Å². The quantitative estimate of drug-likeness (QED) is 0.506. The number of aromatic nitrogens is 6. The molecular weight excluding hydrogens is 421 g/mol. The fourth-order valence-electron chi connectivity index (χ4n) is 4.36. The van der Waals surface area contributed by atoms with Crippen LogP contribution in [0.25, 0.3) is 22.3 Å². The summed E-state index contributed by atoms with van der Waals surface area (Å²) in [7, 11) is 0. The van der Waals surface area contributed by atoms with E-state index >= 15 is 0 Å². The molecule has 4 heterocycles. The lowest BCUT2D eigenvalue weighted by Gasteiger charge is -2.24. The van der Waals surface area contributed by atoms with Gasteiger partial charge < -0.3 is 9.67 Å². The smallest absolute Gasteiger partial charge is 0.416 e. The Hall–Kier alpha value is -3.43. The summed E-state index contributed by atoms with van der Waals surface area (Å²) in [5.41, 5.74) is 0.534. The minimum absolute atomic E-state index is 0.127. The molecule has 1 N–H and O–H groups in total. The highest BCUT2D eigenvalue weighted by Gasteiger charge is 2.32. The lowest BCUT2D eigenvalue weighted by atomic mass is 10.00. The Kier molecular flexibility index (Phi) is 4.68. The zero-order chi connectivity index (χ0) is 22.6. The van der Waals surface area contributed by atoms with Crippen molar-refractivity contribution in [3.8, 4) is 17.0 Å². The summed E-state index contributed by atoms with van der Waals surface area (Å²) in [6.07, 6.45) is -0.106. The number of aromatic hydroxyl groups is 1. The summed E-state index contributed by atoms with van der Waals surface area (Å²) in [5.74, 6) is 1.49. The van der Waals surface area contributed by atoms with E-state index in [1.807, 2.05) is 23.9 Å².